The number of hydrogen-bond acceptors (Lipinski definition) is 0. The van der Waals surface area contributed by atoms with Crippen LogP contribution in [0.2, 0.25) is 0 Å². The lowest BCUT2D eigenvalue weighted by molar-refractivity contribution is 0.208. The minimum absolute atomic E-state index is 0.543. The van der Waals surface area contributed by atoms with Crippen LogP contribution in [-0.4, -0.2) is 12.1 Å². The van der Waals surface area contributed by atoms with Crippen LogP contribution in [0, 0.1) is 23.7 Å². The first-order chi connectivity index (χ1) is 7.84. The Hall–Kier alpha value is -0.0400. The van der Waals surface area contributed by atoms with Gasteiger partial charge in [-0.05, 0) is 36.5 Å². The predicted octanol–water partition coefficient (Wildman–Crippen LogP) is 4.73. The van der Waals surface area contributed by atoms with Crippen LogP contribution in [0.5, 0.6) is 0 Å². The molecule has 103 valence electrons. The van der Waals surface area contributed by atoms with E-state index in [-0.39, 0.29) is 0 Å². The SMILES string of the molecule is CCC([N]C(CC)C(C)C(C)C)C(C)C(C)C. The molecule has 0 aliphatic rings. The Labute approximate surface area is 110 Å². The van der Waals surface area contributed by atoms with Gasteiger partial charge in [-0.15, -0.1) is 0 Å². The molecule has 0 aliphatic heterocycles. The Kier molecular flexibility index (Phi) is 8.11. The van der Waals surface area contributed by atoms with E-state index in [2.05, 4.69) is 55.4 Å². The molecule has 0 bridgehead atoms. The molecule has 17 heavy (non-hydrogen) atoms. The zero-order chi connectivity index (χ0) is 13.6. The second kappa shape index (κ2) is 8.13. The summed E-state index contributed by atoms with van der Waals surface area (Å²) < 4.78 is 0. The summed E-state index contributed by atoms with van der Waals surface area (Å²) in [5, 5.41) is 5.16. The minimum Gasteiger partial charge on any atom is -0.235 e. The molecule has 0 spiro atoms. The topological polar surface area (TPSA) is 14.1 Å². The molecule has 0 heterocycles. The van der Waals surface area contributed by atoms with Crippen molar-refractivity contribution in [1.82, 2.24) is 5.32 Å². The van der Waals surface area contributed by atoms with Crippen molar-refractivity contribution in [2.75, 3.05) is 0 Å². The van der Waals surface area contributed by atoms with Crippen molar-refractivity contribution in [3.05, 3.63) is 0 Å². The summed E-state index contributed by atoms with van der Waals surface area (Å²) >= 11 is 0. The second-order valence-corrected chi connectivity index (χ2v) is 6.31. The smallest absolute Gasteiger partial charge is 0.0274 e. The van der Waals surface area contributed by atoms with Crippen molar-refractivity contribution in [3.63, 3.8) is 0 Å². The lowest BCUT2D eigenvalue weighted by Crippen LogP contribution is -2.41. The summed E-state index contributed by atoms with van der Waals surface area (Å²) in [7, 11) is 0. The summed E-state index contributed by atoms with van der Waals surface area (Å²) in [5.74, 6) is 2.87. The van der Waals surface area contributed by atoms with Crippen LogP contribution in [0.1, 0.15) is 68.2 Å². The normalized spacial score (nSPS) is 19.4. The third-order valence-electron chi connectivity index (χ3n) is 4.54. The van der Waals surface area contributed by atoms with E-state index in [1.807, 2.05) is 0 Å². The van der Waals surface area contributed by atoms with Crippen molar-refractivity contribution in [1.29, 1.82) is 0 Å². The molecule has 0 N–H and O–H groups in total. The van der Waals surface area contributed by atoms with Crippen LogP contribution in [0.4, 0.5) is 0 Å². The average Bonchev–Trinajstić information content (AvgIpc) is 2.28. The highest BCUT2D eigenvalue weighted by Crippen LogP contribution is 2.23. The van der Waals surface area contributed by atoms with E-state index in [4.69, 9.17) is 5.32 Å². The van der Waals surface area contributed by atoms with Crippen molar-refractivity contribution in [3.8, 4) is 0 Å². The van der Waals surface area contributed by atoms with E-state index in [0.29, 0.717) is 23.9 Å². The Morgan fingerprint density at radius 2 is 0.941 bits per heavy atom. The molecule has 0 amide bonds. The zero-order valence-electron chi connectivity index (χ0n) is 13.3. The van der Waals surface area contributed by atoms with Crippen LogP contribution in [0.25, 0.3) is 0 Å². The first-order valence-electron chi connectivity index (χ1n) is 7.54. The maximum absolute atomic E-state index is 5.16. The summed E-state index contributed by atoms with van der Waals surface area (Å²) in [5.41, 5.74) is 0. The van der Waals surface area contributed by atoms with Crippen LogP contribution >= 0.6 is 0 Å². The molecule has 4 unspecified atom stereocenters. The molecular weight excluding hydrogens is 206 g/mol. The van der Waals surface area contributed by atoms with Gasteiger partial charge in [0.25, 0.3) is 0 Å². The van der Waals surface area contributed by atoms with E-state index in [1.165, 1.54) is 12.8 Å². The van der Waals surface area contributed by atoms with Crippen molar-refractivity contribution >= 4 is 0 Å². The van der Waals surface area contributed by atoms with Crippen LogP contribution in [0.3, 0.4) is 0 Å². The Bertz CT molecular complexity index is 166. The highest BCUT2D eigenvalue weighted by Gasteiger charge is 2.26. The fourth-order valence-corrected chi connectivity index (χ4v) is 2.36. The highest BCUT2D eigenvalue weighted by atomic mass is 15.0. The van der Waals surface area contributed by atoms with Gasteiger partial charge in [0, 0.05) is 12.1 Å². The Morgan fingerprint density at radius 1 is 0.647 bits per heavy atom. The first kappa shape index (κ1) is 17.0. The van der Waals surface area contributed by atoms with E-state index in [9.17, 15) is 0 Å². The molecule has 0 aromatic carbocycles. The lowest BCUT2D eigenvalue weighted by atomic mass is 9.84. The molecule has 0 saturated heterocycles. The standard InChI is InChI=1S/C16H34N/c1-9-15(13(7)11(3)4)17-16(10-2)14(8)12(5)6/h11-16H,9-10H2,1-8H3. The summed E-state index contributed by atoms with van der Waals surface area (Å²) in [6.45, 7) is 18.5. The quantitative estimate of drug-likeness (QED) is 0.582. The van der Waals surface area contributed by atoms with Gasteiger partial charge in [-0.3, -0.25) is 0 Å². The van der Waals surface area contributed by atoms with Gasteiger partial charge in [-0.25, -0.2) is 5.32 Å². The highest BCUT2D eigenvalue weighted by molar-refractivity contribution is 4.81. The average molecular weight is 240 g/mol. The van der Waals surface area contributed by atoms with Crippen molar-refractivity contribution < 1.29 is 0 Å². The first-order valence-corrected chi connectivity index (χ1v) is 7.54. The lowest BCUT2D eigenvalue weighted by Gasteiger charge is -2.33. The fraction of sp³-hybridized carbons (Fsp3) is 1.00. The van der Waals surface area contributed by atoms with Crippen LogP contribution in [0.15, 0.2) is 0 Å². The molecule has 0 rings (SSSR count). The molecule has 1 heteroatoms. The van der Waals surface area contributed by atoms with Gasteiger partial charge in [0.1, 0.15) is 0 Å². The molecule has 0 aliphatic carbocycles. The predicted molar refractivity (Wildman–Crippen MR) is 78.3 cm³/mol. The number of nitrogens with zero attached hydrogens (tertiary/aromatic N) is 1. The Morgan fingerprint density at radius 3 is 1.12 bits per heavy atom. The van der Waals surface area contributed by atoms with Gasteiger partial charge in [0.15, 0.2) is 0 Å². The molecule has 0 saturated carbocycles. The summed E-state index contributed by atoms with van der Waals surface area (Å²) in [4.78, 5) is 0. The number of rotatable bonds is 8. The van der Waals surface area contributed by atoms with Crippen LogP contribution in [-0.2, 0) is 0 Å². The van der Waals surface area contributed by atoms with Gasteiger partial charge < -0.3 is 0 Å². The molecule has 4 atom stereocenters. The maximum atomic E-state index is 5.16. The number of hydrogen-bond donors (Lipinski definition) is 0. The van der Waals surface area contributed by atoms with Gasteiger partial charge in [0.2, 0.25) is 0 Å². The van der Waals surface area contributed by atoms with Gasteiger partial charge in [-0.1, -0.05) is 55.4 Å². The van der Waals surface area contributed by atoms with E-state index in [1.54, 1.807) is 0 Å². The van der Waals surface area contributed by atoms with Crippen LogP contribution < -0.4 is 5.32 Å². The third kappa shape index (κ3) is 5.42. The molecular formula is C16H34N. The largest absolute Gasteiger partial charge is 0.235 e. The summed E-state index contributed by atoms with van der Waals surface area (Å²) in [6.07, 6.45) is 2.36. The Balaban J connectivity index is 4.51. The van der Waals surface area contributed by atoms with E-state index in [0.717, 1.165) is 11.8 Å². The minimum atomic E-state index is 0.543. The monoisotopic (exact) mass is 240 g/mol. The molecule has 0 aromatic rings. The van der Waals surface area contributed by atoms with Gasteiger partial charge in [-0.2, -0.15) is 0 Å². The summed E-state index contributed by atoms with van der Waals surface area (Å²) in [6, 6.07) is 1.09. The van der Waals surface area contributed by atoms with E-state index < -0.39 is 0 Å². The zero-order valence-corrected chi connectivity index (χ0v) is 13.3. The second-order valence-electron chi connectivity index (χ2n) is 6.31. The fourth-order valence-electron chi connectivity index (χ4n) is 2.36. The maximum Gasteiger partial charge on any atom is 0.0274 e. The third-order valence-corrected chi connectivity index (χ3v) is 4.54. The molecule has 1 radical (unpaired) electrons. The van der Waals surface area contributed by atoms with Crippen molar-refractivity contribution in [2.45, 2.75) is 80.3 Å². The van der Waals surface area contributed by atoms with Gasteiger partial charge in [0.05, 0.1) is 0 Å². The molecule has 0 aromatic heterocycles. The van der Waals surface area contributed by atoms with E-state index >= 15 is 0 Å². The molecule has 1 nitrogen and oxygen atoms in total. The molecule has 0 fully saturated rings. The van der Waals surface area contributed by atoms with Gasteiger partial charge >= 0.3 is 0 Å². The van der Waals surface area contributed by atoms with Crippen molar-refractivity contribution in [2.24, 2.45) is 23.7 Å².